The zero-order valence-corrected chi connectivity index (χ0v) is 10.2. The first kappa shape index (κ1) is 13.0. The van der Waals surface area contributed by atoms with E-state index in [1.54, 1.807) is 0 Å². The number of carboxylic acids is 1. The topological polar surface area (TPSA) is 66.4 Å². The van der Waals surface area contributed by atoms with Crippen molar-refractivity contribution in [2.24, 2.45) is 11.3 Å². The Morgan fingerprint density at radius 1 is 1.38 bits per heavy atom. The van der Waals surface area contributed by atoms with Gasteiger partial charge in [0, 0.05) is 6.04 Å². The molecule has 0 aromatic heterocycles. The minimum atomic E-state index is -1.06. The van der Waals surface area contributed by atoms with Gasteiger partial charge >= 0.3 is 5.97 Å². The smallest absolute Gasteiger partial charge is 0.315 e. The van der Waals surface area contributed by atoms with Crippen LogP contribution in [0.25, 0.3) is 0 Å². The first-order valence-corrected chi connectivity index (χ1v) is 5.88. The van der Waals surface area contributed by atoms with Gasteiger partial charge in [0.05, 0.1) is 0 Å². The van der Waals surface area contributed by atoms with Gasteiger partial charge in [0.15, 0.2) is 0 Å². The molecular formula is C12H21NO3. The summed E-state index contributed by atoms with van der Waals surface area (Å²) in [5, 5.41) is 11.6. The summed E-state index contributed by atoms with van der Waals surface area (Å²) in [6.07, 6.45) is 4.33. The average molecular weight is 227 g/mol. The molecule has 0 saturated heterocycles. The third-order valence-electron chi connectivity index (χ3n) is 3.59. The Bertz CT molecular complexity index is 286. The molecule has 1 fully saturated rings. The average Bonchev–Trinajstić information content (AvgIpc) is 2.19. The number of nitrogens with one attached hydrogen (secondary N) is 1. The van der Waals surface area contributed by atoms with Crippen LogP contribution in [0.3, 0.4) is 0 Å². The molecule has 92 valence electrons. The van der Waals surface area contributed by atoms with Crippen molar-refractivity contribution in [2.45, 2.75) is 52.5 Å². The Morgan fingerprint density at radius 2 is 2.00 bits per heavy atom. The van der Waals surface area contributed by atoms with Gasteiger partial charge in [-0.15, -0.1) is 0 Å². The van der Waals surface area contributed by atoms with Crippen molar-refractivity contribution < 1.29 is 14.7 Å². The predicted molar refractivity (Wildman–Crippen MR) is 61.0 cm³/mol. The van der Waals surface area contributed by atoms with Crippen LogP contribution in [-0.4, -0.2) is 23.0 Å². The van der Waals surface area contributed by atoms with Gasteiger partial charge in [-0.05, 0) is 25.2 Å². The highest BCUT2D eigenvalue weighted by Crippen LogP contribution is 2.35. The second-order valence-corrected chi connectivity index (χ2v) is 5.36. The molecule has 1 rings (SSSR count). The molecule has 16 heavy (non-hydrogen) atoms. The van der Waals surface area contributed by atoms with Crippen LogP contribution in [0.5, 0.6) is 0 Å². The lowest BCUT2D eigenvalue weighted by atomic mass is 9.73. The van der Waals surface area contributed by atoms with Crippen molar-refractivity contribution >= 4 is 11.9 Å². The molecule has 0 aliphatic heterocycles. The summed E-state index contributed by atoms with van der Waals surface area (Å²) in [6, 6.07) is 0.107. The van der Waals surface area contributed by atoms with Gasteiger partial charge < -0.3 is 10.4 Å². The van der Waals surface area contributed by atoms with E-state index in [1.165, 1.54) is 13.3 Å². The van der Waals surface area contributed by atoms with Crippen LogP contribution in [0.4, 0.5) is 0 Å². The number of hydrogen-bond acceptors (Lipinski definition) is 2. The summed E-state index contributed by atoms with van der Waals surface area (Å²) in [5.74, 6) is -2.39. The van der Waals surface area contributed by atoms with E-state index < -0.39 is 11.9 Å². The maximum absolute atomic E-state index is 11.6. The number of aliphatic carboxylic acids is 1. The quantitative estimate of drug-likeness (QED) is 0.722. The molecule has 1 saturated carbocycles. The highest BCUT2D eigenvalue weighted by atomic mass is 16.4. The molecule has 0 radical (unpaired) electrons. The van der Waals surface area contributed by atoms with Gasteiger partial charge in [-0.2, -0.15) is 0 Å². The van der Waals surface area contributed by atoms with Crippen LogP contribution in [0.1, 0.15) is 46.5 Å². The van der Waals surface area contributed by atoms with Gasteiger partial charge in [-0.3, -0.25) is 9.59 Å². The Kier molecular flexibility index (Phi) is 3.94. The van der Waals surface area contributed by atoms with Crippen LogP contribution in [0.15, 0.2) is 0 Å². The van der Waals surface area contributed by atoms with E-state index in [1.807, 2.05) is 0 Å². The van der Waals surface area contributed by atoms with E-state index in [2.05, 4.69) is 19.2 Å². The molecule has 0 spiro atoms. The summed E-state index contributed by atoms with van der Waals surface area (Å²) in [5.41, 5.74) is 0.0755. The fourth-order valence-electron chi connectivity index (χ4n) is 2.17. The van der Waals surface area contributed by atoms with Crippen molar-refractivity contribution in [2.75, 3.05) is 0 Å². The Hall–Kier alpha value is -1.06. The first-order valence-electron chi connectivity index (χ1n) is 5.88. The second-order valence-electron chi connectivity index (χ2n) is 5.36. The standard InChI is InChI=1S/C12H21NO3/c1-8(11(15)16)10(14)13-9-6-4-5-7-12(9,2)3/h8-9H,4-7H2,1-3H3,(H,13,14)(H,15,16). The molecular weight excluding hydrogens is 206 g/mol. The third-order valence-corrected chi connectivity index (χ3v) is 3.59. The molecule has 0 aromatic rings. The highest BCUT2D eigenvalue weighted by molar-refractivity contribution is 5.96. The van der Waals surface area contributed by atoms with Crippen LogP contribution < -0.4 is 5.32 Å². The van der Waals surface area contributed by atoms with Crippen molar-refractivity contribution in [1.29, 1.82) is 0 Å². The van der Waals surface area contributed by atoms with Crippen molar-refractivity contribution in [1.82, 2.24) is 5.32 Å². The van der Waals surface area contributed by atoms with Gasteiger partial charge in [0.25, 0.3) is 0 Å². The van der Waals surface area contributed by atoms with Gasteiger partial charge in [0.2, 0.25) is 5.91 Å². The molecule has 0 bridgehead atoms. The molecule has 2 unspecified atom stereocenters. The van der Waals surface area contributed by atoms with E-state index in [0.717, 1.165) is 19.3 Å². The Labute approximate surface area is 96.4 Å². The van der Waals surface area contributed by atoms with Crippen LogP contribution in [0, 0.1) is 11.3 Å². The molecule has 1 amide bonds. The second kappa shape index (κ2) is 4.85. The first-order chi connectivity index (χ1) is 7.34. The zero-order chi connectivity index (χ0) is 12.3. The minimum Gasteiger partial charge on any atom is -0.481 e. The fraction of sp³-hybridized carbons (Fsp3) is 0.833. The molecule has 4 heteroatoms. The van der Waals surface area contributed by atoms with Crippen molar-refractivity contribution in [3.05, 3.63) is 0 Å². The molecule has 2 N–H and O–H groups in total. The maximum Gasteiger partial charge on any atom is 0.315 e. The van der Waals surface area contributed by atoms with Gasteiger partial charge in [-0.1, -0.05) is 26.7 Å². The monoisotopic (exact) mass is 227 g/mol. The maximum atomic E-state index is 11.6. The lowest BCUT2D eigenvalue weighted by Crippen LogP contribution is -2.49. The largest absolute Gasteiger partial charge is 0.481 e. The Balaban J connectivity index is 2.59. The SMILES string of the molecule is CC(C(=O)O)C(=O)NC1CCCCC1(C)C. The molecule has 2 atom stereocenters. The van der Waals surface area contributed by atoms with Gasteiger partial charge in [-0.25, -0.2) is 0 Å². The summed E-state index contributed by atoms with van der Waals surface area (Å²) >= 11 is 0. The minimum absolute atomic E-state index is 0.0755. The number of hydrogen-bond donors (Lipinski definition) is 2. The fourth-order valence-corrected chi connectivity index (χ4v) is 2.17. The summed E-state index contributed by atoms with van der Waals surface area (Å²) < 4.78 is 0. The van der Waals surface area contributed by atoms with E-state index in [4.69, 9.17) is 5.11 Å². The summed E-state index contributed by atoms with van der Waals surface area (Å²) in [4.78, 5) is 22.3. The number of carboxylic acid groups (broad SMARTS) is 1. The van der Waals surface area contributed by atoms with E-state index in [9.17, 15) is 9.59 Å². The lowest BCUT2D eigenvalue weighted by Gasteiger charge is -2.39. The van der Waals surface area contributed by atoms with E-state index >= 15 is 0 Å². The molecule has 4 nitrogen and oxygen atoms in total. The highest BCUT2D eigenvalue weighted by Gasteiger charge is 2.34. The summed E-state index contributed by atoms with van der Waals surface area (Å²) in [7, 11) is 0. The lowest BCUT2D eigenvalue weighted by molar-refractivity contribution is -0.146. The number of rotatable bonds is 3. The predicted octanol–water partition coefficient (Wildman–Crippen LogP) is 1.79. The van der Waals surface area contributed by atoms with Crippen molar-refractivity contribution in [3.8, 4) is 0 Å². The zero-order valence-electron chi connectivity index (χ0n) is 10.2. The third kappa shape index (κ3) is 2.97. The van der Waals surface area contributed by atoms with Crippen LogP contribution in [0.2, 0.25) is 0 Å². The number of carbonyl (C=O) groups is 2. The Morgan fingerprint density at radius 3 is 2.50 bits per heavy atom. The normalized spacial score (nSPS) is 25.8. The molecule has 0 aromatic carbocycles. The summed E-state index contributed by atoms with van der Waals surface area (Å²) in [6.45, 7) is 5.68. The van der Waals surface area contributed by atoms with Gasteiger partial charge in [0.1, 0.15) is 5.92 Å². The molecule has 1 aliphatic rings. The number of amides is 1. The van der Waals surface area contributed by atoms with E-state index in [-0.39, 0.29) is 17.4 Å². The number of carbonyl (C=O) groups excluding carboxylic acids is 1. The van der Waals surface area contributed by atoms with Crippen LogP contribution >= 0.6 is 0 Å². The molecule has 0 heterocycles. The van der Waals surface area contributed by atoms with Crippen LogP contribution in [-0.2, 0) is 9.59 Å². The van der Waals surface area contributed by atoms with E-state index in [0.29, 0.717) is 0 Å². The molecule has 1 aliphatic carbocycles. The van der Waals surface area contributed by atoms with Crippen molar-refractivity contribution in [3.63, 3.8) is 0 Å².